The van der Waals surface area contributed by atoms with Crippen LogP contribution in [0, 0.1) is 12.8 Å². The van der Waals surface area contributed by atoms with Crippen LogP contribution in [0.15, 0.2) is 24.3 Å². The van der Waals surface area contributed by atoms with Crippen LogP contribution in [0.4, 0.5) is 0 Å². The van der Waals surface area contributed by atoms with Gasteiger partial charge in [0.05, 0.1) is 0 Å². The molecule has 3 N–H and O–H groups in total. The molecule has 1 aromatic carbocycles. The molecule has 5 nitrogen and oxygen atoms in total. The molecule has 0 radical (unpaired) electrons. The van der Waals surface area contributed by atoms with Gasteiger partial charge < -0.3 is 15.4 Å². The number of aryl methyl sites for hydroxylation is 1. The summed E-state index contributed by atoms with van der Waals surface area (Å²) in [6.45, 7) is 3.81. The van der Waals surface area contributed by atoms with E-state index in [1.807, 2.05) is 31.2 Å². The van der Waals surface area contributed by atoms with Crippen LogP contribution in [-0.4, -0.2) is 28.5 Å². The predicted octanol–water partition coefficient (Wildman–Crippen LogP) is 1.86. The number of aliphatic carboxylic acids is 1. The van der Waals surface area contributed by atoms with Crippen LogP contribution in [0.25, 0.3) is 10.9 Å². The number of rotatable bonds is 5. The second-order valence-electron chi connectivity index (χ2n) is 4.88. The van der Waals surface area contributed by atoms with E-state index < -0.39 is 17.8 Å². The molecule has 0 aliphatic carbocycles. The van der Waals surface area contributed by atoms with E-state index in [9.17, 15) is 9.59 Å². The summed E-state index contributed by atoms with van der Waals surface area (Å²) in [6.07, 6.45) is 0.675. The minimum Gasteiger partial charge on any atom is -0.481 e. The number of carboxylic acids is 1. The molecule has 1 amide bonds. The van der Waals surface area contributed by atoms with Gasteiger partial charge >= 0.3 is 5.97 Å². The van der Waals surface area contributed by atoms with E-state index in [1.165, 1.54) is 6.92 Å². The molecule has 0 spiro atoms. The maximum Gasteiger partial charge on any atom is 0.315 e. The van der Waals surface area contributed by atoms with Gasteiger partial charge in [0.15, 0.2) is 0 Å². The molecule has 2 aromatic rings. The highest BCUT2D eigenvalue weighted by atomic mass is 16.4. The van der Waals surface area contributed by atoms with Crippen LogP contribution in [0.2, 0.25) is 0 Å². The zero-order chi connectivity index (χ0) is 14.7. The summed E-state index contributed by atoms with van der Waals surface area (Å²) < 4.78 is 0. The van der Waals surface area contributed by atoms with Crippen LogP contribution in [-0.2, 0) is 16.0 Å². The van der Waals surface area contributed by atoms with Crippen molar-refractivity contribution in [1.82, 2.24) is 10.3 Å². The maximum absolute atomic E-state index is 11.6. The number of para-hydroxylation sites is 1. The molecule has 106 valence electrons. The lowest BCUT2D eigenvalue weighted by Crippen LogP contribution is -2.34. The molecule has 20 heavy (non-hydrogen) atoms. The normalized spacial score (nSPS) is 12.3. The Balaban J connectivity index is 2.01. The molecule has 1 heterocycles. The summed E-state index contributed by atoms with van der Waals surface area (Å²) in [5, 5.41) is 12.6. The summed E-state index contributed by atoms with van der Waals surface area (Å²) in [5.74, 6) is -2.57. The third kappa shape index (κ3) is 2.82. The Kier molecular flexibility index (Phi) is 4.08. The van der Waals surface area contributed by atoms with Crippen LogP contribution in [0.3, 0.4) is 0 Å². The van der Waals surface area contributed by atoms with Gasteiger partial charge in [-0.05, 0) is 31.9 Å². The van der Waals surface area contributed by atoms with Gasteiger partial charge in [-0.2, -0.15) is 0 Å². The monoisotopic (exact) mass is 274 g/mol. The van der Waals surface area contributed by atoms with Gasteiger partial charge in [-0.25, -0.2) is 0 Å². The summed E-state index contributed by atoms with van der Waals surface area (Å²) >= 11 is 0. The number of nitrogens with one attached hydrogen (secondary N) is 2. The summed E-state index contributed by atoms with van der Waals surface area (Å²) in [6, 6.07) is 8.00. The Labute approximate surface area is 117 Å². The average Bonchev–Trinajstić information content (AvgIpc) is 2.74. The van der Waals surface area contributed by atoms with Crippen LogP contribution < -0.4 is 5.32 Å². The number of fused-ring (bicyclic) bond motifs is 1. The molecule has 1 unspecified atom stereocenters. The lowest BCUT2D eigenvalue weighted by Gasteiger charge is -2.08. The van der Waals surface area contributed by atoms with Gasteiger partial charge in [0.25, 0.3) is 0 Å². The number of aromatic amines is 1. The van der Waals surface area contributed by atoms with E-state index in [2.05, 4.69) is 10.3 Å². The van der Waals surface area contributed by atoms with Gasteiger partial charge in [0.1, 0.15) is 5.92 Å². The molecule has 0 aliphatic heterocycles. The first kappa shape index (κ1) is 14.1. The van der Waals surface area contributed by atoms with Crippen molar-refractivity contribution >= 4 is 22.8 Å². The van der Waals surface area contributed by atoms with E-state index >= 15 is 0 Å². The van der Waals surface area contributed by atoms with Crippen LogP contribution in [0.5, 0.6) is 0 Å². The number of carbonyl (C=O) groups is 2. The van der Waals surface area contributed by atoms with E-state index in [0.29, 0.717) is 13.0 Å². The molecule has 1 aromatic heterocycles. The molecular weight excluding hydrogens is 256 g/mol. The number of benzene rings is 1. The SMILES string of the molecule is Cc1[nH]c2ccccc2c1CCNC(=O)C(C)C(=O)O. The van der Waals surface area contributed by atoms with Crippen molar-refractivity contribution in [2.24, 2.45) is 5.92 Å². The lowest BCUT2D eigenvalue weighted by molar-refractivity contribution is -0.146. The van der Waals surface area contributed by atoms with E-state index in [1.54, 1.807) is 0 Å². The minimum absolute atomic E-state index is 0.430. The number of hydrogen-bond acceptors (Lipinski definition) is 2. The highest BCUT2D eigenvalue weighted by Gasteiger charge is 2.19. The first-order chi connectivity index (χ1) is 9.50. The Morgan fingerprint density at radius 2 is 2.05 bits per heavy atom. The third-order valence-electron chi connectivity index (χ3n) is 3.46. The molecule has 5 heteroatoms. The minimum atomic E-state index is -1.11. The largest absolute Gasteiger partial charge is 0.481 e. The van der Waals surface area contributed by atoms with Crippen molar-refractivity contribution in [2.45, 2.75) is 20.3 Å². The fraction of sp³-hybridized carbons (Fsp3) is 0.333. The van der Waals surface area contributed by atoms with E-state index in [-0.39, 0.29) is 0 Å². The molecule has 0 fully saturated rings. The van der Waals surface area contributed by atoms with Crippen molar-refractivity contribution in [3.63, 3.8) is 0 Å². The van der Waals surface area contributed by atoms with Gasteiger partial charge in [-0.15, -0.1) is 0 Å². The molecule has 0 saturated carbocycles. The number of carbonyl (C=O) groups excluding carboxylic acids is 1. The third-order valence-corrected chi connectivity index (χ3v) is 3.46. The smallest absolute Gasteiger partial charge is 0.315 e. The topological polar surface area (TPSA) is 82.2 Å². The summed E-state index contributed by atoms with van der Waals surface area (Å²) in [4.78, 5) is 25.6. The number of H-pyrrole nitrogens is 1. The van der Waals surface area contributed by atoms with Gasteiger partial charge in [-0.3, -0.25) is 9.59 Å². The van der Waals surface area contributed by atoms with Gasteiger partial charge in [0, 0.05) is 23.1 Å². The molecule has 2 rings (SSSR count). The molecule has 1 atom stereocenters. The fourth-order valence-corrected chi connectivity index (χ4v) is 2.23. The van der Waals surface area contributed by atoms with Crippen molar-refractivity contribution < 1.29 is 14.7 Å². The molecule has 0 aliphatic rings. The summed E-state index contributed by atoms with van der Waals surface area (Å²) in [5.41, 5.74) is 3.31. The highest BCUT2D eigenvalue weighted by molar-refractivity contribution is 5.96. The number of hydrogen-bond donors (Lipinski definition) is 3. The Morgan fingerprint density at radius 1 is 1.35 bits per heavy atom. The van der Waals surface area contributed by atoms with Crippen molar-refractivity contribution in [1.29, 1.82) is 0 Å². The second-order valence-corrected chi connectivity index (χ2v) is 4.88. The number of amides is 1. The van der Waals surface area contributed by atoms with E-state index in [4.69, 9.17) is 5.11 Å². The number of aromatic nitrogens is 1. The van der Waals surface area contributed by atoms with Gasteiger partial charge in [0.2, 0.25) is 5.91 Å². The zero-order valence-corrected chi connectivity index (χ0v) is 11.6. The Hall–Kier alpha value is -2.30. The fourth-order valence-electron chi connectivity index (χ4n) is 2.23. The maximum atomic E-state index is 11.6. The zero-order valence-electron chi connectivity index (χ0n) is 11.6. The lowest BCUT2D eigenvalue weighted by atomic mass is 10.1. The Bertz CT molecular complexity index is 646. The first-order valence-electron chi connectivity index (χ1n) is 6.57. The van der Waals surface area contributed by atoms with Crippen molar-refractivity contribution in [3.05, 3.63) is 35.5 Å². The molecule has 0 bridgehead atoms. The second kappa shape index (κ2) is 5.77. The average molecular weight is 274 g/mol. The first-order valence-corrected chi connectivity index (χ1v) is 6.57. The predicted molar refractivity (Wildman–Crippen MR) is 76.5 cm³/mol. The summed E-state index contributed by atoms with van der Waals surface area (Å²) in [7, 11) is 0. The van der Waals surface area contributed by atoms with Crippen LogP contribution in [0.1, 0.15) is 18.2 Å². The Morgan fingerprint density at radius 3 is 2.75 bits per heavy atom. The van der Waals surface area contributed by atoms with Crippen molar-refractivity contribution in [3.8, 4) is 0 Å². The van der Waals surface area contributed by atoms with E-state index in [0.717, 1.165) is 22.2 Å². The van der Waals surface area contributed by atoms with Crippen molar-refractivity contribution in [2.75, 3.05) is 6.54 Å². The quantitative estimate of drug-likeness (QED) is 0.728. The molecule has 0 saturated heterocycles. The van der Waals surface area contributed by atoms with Gasteiger partial charge in [-0.1, -0.05) is 18.2 Å². The number of carboxylic acid groups (broad SMARTS) is 1. The molecular formula is C15H18N2O3. The standard InChI is InChI=1S/C15H18N2O3/c1-9(15(19)20)14(18)16-8-7-11-10(2)17-13-6-4-3-5-12(11)13/h3-6,9,17H,7-8H2,1-2H3,(H,16,18)(H,19,20). The van der Waals surface area contributed by atoms with Crippen LogP contribution >= 0.6 is 0 Å². The highest BCUT2D eigenvalue weighted by Crippen LogP contribution is 2.21.